The number of hydrogen-bond donors (Lipinski definition) is 0. The second-order valence-electron chi connectivity index (χ2n) is 6.87. The van der Waals surface area contributed by atoms with E-state index in [0.29, 0.717) is 23.6 Å². The van der Waals surface area contributed by atoms with Gasteiger partial charge in [-0.25, -0.2) is 4.98 Å². The number of hydrogen-bond acceptors (Lipinski definition) is 4. The minimum absolute atomic E-state index is 0.0151. The predicted molar refractivity (Wildman–Crippen MR) is 105 cm³/mol. The number of ether oxygens (including phenoxy) is 1. The summed E-state index contributed by atoms with van der Waals surface area (Å²) in [7, 11) is 0. The van der Waals surface area contributed by atoms with Crippen LogP contribution in [0, 0.1) is 11.8 Å². The van der Waals surface area contributed by atoms with Crippen LogP contribution in [0.3, 0.4) is 0 Å². The summed E-state index contributed by atoms with van der Waals surface area (Å²) in [4.78, 5) is 19.0. The second-order valence-corrected chi connectivity index (χ2v) is 7.87. The van der Waals surface area contributed by atoms with Crippen LogP contribution in [0.4, 0.5) is 0 Å². The van der Waals surface area contributed by atoms with Gasteiger partial charge in [0.2, 0.25) is 0 Å². The Balaban J connectivity index is 2.07. The molecule has 1 amide bonds. The molecular weight excluding hydrogens is 332 g/mol. The van der Waals surface area contributed by atoms with Crippen molar-refractivity contribution < 1.29 is 9.53 Å². The lowest BCUT2D eigenvalue weighted by Gasteiger charge is -2.26. The first kappa shape index (κ1) is 19.4. The molecule has 2 aromatic rings. The molecule has 0 spiro atoms. The first-order valence-corrected chi connectivity index (χ1v) is 9.71. The maximum Gasteiger partial charge on any atom is 0.274 e. The van der Waals surface area contributed by atoms with E-state index >= 15 is 0 Å². The Bertz CT molecular complexity index is 701. The van der Waals surface area contributed by atoms with Gasteiger partial charge in [0.1, 0.15) is 0 Å². The number of rotatable bonds is 8. The quantitative estimate of drug-likeness (QED) is 0.657. The number of amides is 1. The zero-order chi connectivity index (χ0) is 18.4. The van der Waals surface area contributed by atoms with Crippen molar-refractivity contribution >= 4 is 27.5 Å². The minimum Gasteiger partial charge on any atom is -0.460 e. The standard InChI is InChI=1S/C20H28N2O2S/c1-6-22(16(11-14(2)3)12-15(4)5)19(23)13-24-20-21-17-9-7-8-10-18(17)25-20/h7-11,14-15H,6,12-13H2,1-5H3/b16-11-. The lowest BCUT2D eigenvalue weighted by Crippen LogP contribution is -2.35. The number of benzene rings is 1. The van der Waals surface area contributed by atoms with Crippen molar-refractivity contribution in [3.05, 3.63) is 36.0 Å². The fraction of sp³-hybridized carbons (Fsp3) is 0.500. The van der Waals surface area contributed by atoms with E-state index in [1.807, 2.05) is 36.1 Å². The molecule has 0 unspecified atom stereocenters. The summed E-state index contributed by atoms with van der Waals surface area (Å²) in [5.74, 6) is 0.882. The molecule has 1 heterocycles. The van der Waals surface area contributed by atoms with Crippen molar-refractivity contribution in [1.29, 1.82) is 0 Å². The molecule has 0 saturated carbocycles. The largest absolute Gasteiger partial charge is 0.460 e. The van der Waals surface area contributed by atoms with Crippen molar-refractivity contribution in [2.45, 2.75) is 41.0 Å². The van der Waals surface area contributed by atoms with Crippen LogP contribution in [0.1, 0.15) is 41.0 Å². The van der Waals surface area contributed by atoms with Gasteiger partial charge >= 0.3 is 0 Å². The van der Waals surface area contributed by atoms with Crippen LogP contribution >= 0.6 is 11.3 Å². The van der Waals surface area contributed by atoms with Crippen LogP contribution in [0.15, 0.2) is 36.0 Å². The molecule has 1 aromatic carbocycles. The summed E-state index contributed by atoms with van der Waals surface area (Å²) in [5.41, 5.74) is 1.99. The molecular formula is C20H28N2O2S. The molecule has 0 aliphatic heterocycles. The van der Waals surface area contributed by atoms with Crippen molar-refractivity contribution in [2.24, 2.45) is 11.8 Å². The summed E-state index contributed by atoms with van der Waals surface area (Å²) >= 11 is 1.47. The molecule has 0 saturated heterocycles. The van der Waals surface area contributed by atoms with Gasteiger partial charge in [0, 0.05) is 12.2 Å². The van der Waals surface area contributed by atoms with Gasteiger partial charge in [0.05, 0.1) is 10.2 Å². The number of para-hydroxylation sites is 1. The maximum absolute atomic E-state index is 12.7. The van der Waals surface area contributed by atoms with Gasteiger partial charge in [-0.3, -0.25) is 4.79 Å². The second kappa shape index (κ2) is 8.99. The summed E-state index contributed by atoms with van der Waals surface area (Å²) in [6.07, 6.45) is 3.07. The van der Waals surface area contributed by atoms with Gasteiger partial charge in [0.15, 0.2) is 6.61 Å². The van der Waals surface area contributed by atoms with Crippen molar-refractivity contribution in [3.63, 3.8) is 0 Å². The lowest BCUT2D eigenvalue weighted by molar-refractivity contribution is -0.131. The van der Waals surface area contributed by atoms with Crippen LogP contribution in [-0.2, 0) is 4.79 Å². The Labute approximate surface area is 154 Å². The third kappa shape index (κ3) is 5.56. The van der Waals surface area contributed by atoms with E-state index in [1.165, 1.54) is 11.3 Å². The molecule has 4 nitrogen and oxygen atoms in total. The summed E-state index contributed by atoms with van der Waals surface area (Å²) in [6.45, 7) is 11.3. The highest BCUT2D eigenvalue weighted by molar-refractivity contribution is 7.20. The molecule has 0 N–H and O–H groups in total. The Morgan fingerprint density at radius 3 is 2.60 bits per heavy atom. The number of fused-ring (bicyclic) bond motifs is 1. The van der Waals surface area contributed by atoms with Gasteiger partial charge < -0.3 is 9.64 Å². The highest BCUT2D eigenvalue weighted by atomic mass is 32.1. The van der Waals surface area contributed by atoms with E-state index < -0.39 is 0 Å². The smallest absolute Gasteiger partial charge is 0.274 e. The maximum atomic E-state index is 12.7. The average Bonchev–Trinajstić information content (AvgIpc) is 2.95. The number of likely N-dealkylation sites (N-methyl/N-ethyl adjacent to an activating group) is 1. The zero-order valence-corrected chi connectivity index (χ0v) is 16.6. The Hall–Kier alpha value is -1.88. The van der Waals surface area contributed by atoms with Gasteiger partial charge in [0.25, 0.3) is 11.1 Å². The first-order chi connectivity index (χ1) is 11.9. The van der Waals surface area contributed by atoms with Gasteiger partial charge in [-0.2, -0.15) is 0 Å². The zero-order valence-electron chi connectivity index (χ0n) is 15.8. The Kier molecular flexibility index (Phi) is 7.00. The molecule has 0 aliphatic rings. The van der Waals surface area contributed by atoms with Crippen LogP contribution < -0.4 is 4.74 Å². The van der Waals surface area contributed by atoms with Crippen LogP contribution in [0.2, 0.25) is 0 Å². The minimum atomic E-state index is -0.0192. The number of carbonyl (C=O) groups is 1. The number of carbonyl (C=O) groups excluding carboxylic acids is 1. The topological polar surface area (TPSA) is 42.4 Å². The van der Waals surface area contributed by atoms with Gasteiger partial charge in [-0.1, -0.05) is 57.2 Å². The van der Waals surface area contributed by atoms with Crippen molar-refractivity contribution in [1.82, 2.24) is 9.88 Å². The highest BCUT2D eigenvalue weighted by Crippen LogP contribution is 2.27. The molecule has 1 aromatic heterocycles. The number of aromatic nitrogens is 1. The molecule has 5 heteroatoms. The van der Waals surface area contributed by atoms with Crippen LogP contribution in [-0.4, -0.2) is 28.9 Å². The lowest BCUT2D eigenvalue weighted by atomic mass is 10.0. The molecule has 0 aliphatic carbocycles. The van der Waals surface area contributed by atoms with E-state index in [1.54, 1.807) is 0 Å². The monoisotopic (exact) mass is 360 g/mol. The number of allylic oxidation sites excluding steroid dienone is 2. The van der Waals surface area contributed by atoms with E-state index in [0.717, 1.165) is 22.3 Å². The fourth-order valence-corrected chi connectivity index (χ4v) is 3.54. The van der Waals surface area contributed by atoms with E-state index in [9.17, 15) is 4.79 Å². The molecule has 136 valence electrons. The SMILES string of the molecule is CCN(C(=O)COc1nc2ccccc2s1)/C(=C\C(C)C)CC(C)C. The first-order valence-electron chi connectivity index (χ1n) is 8.90. The fourth-order valence-electron chi connectivity index (χ4n) is 2.73. The van der Waals surface area contributed by atoms with Crippen LogP contribution in [0.5, 0.6) is 5.19 Å². The molecule has 0 radical (unpaired) electrons. The van der Waals surface area contributed by atoms with Crippen LogP contribution in [0.25, 0.3) is 10.2 Å². The van der Waals surface area contributed by atoms with Gasteiger partial charge in [-0.05, 0) is 37.3 Å². The molecule has 0 fully saturated rings. The highest BCUT2D eigenvalue weighted by Gasteiger charge is 2.19. The van der Waals surface area contributed by atoms with Gasteiger partial charge in [-0.15, -0.1) is 0 Å². The van der Waals surface area contributed by atoms with E-state index in [2.05, 4.69) is 38.8 Å². The number of nitrogens with zero attached hydrogens (tertiary/aromatic N) is 2. The van der Waals surface area contributed by atoms with Crippen molar-refractivity contribution in [3.8, 4) is 5.19 Å². The van der Waals surface area contributed by atoms with E-state index in [4.69, 9.17) is 4.74 Å². The summed E-state index contributed by atoms with van der Waals surface area (Å²) in [5, 5.41) is 0.545. The normalized spacial score (nSPS) is 12.2. The molecule has 0 atom stereocenters. The Morgan fingerprint density at radius 1 is 1.28 bits per heavy atom. The summed E-state index contributed by atoms with van der Waals surface area (Å²) < 4.78 is 6.75. The molecule has 0 bridgehead atoms. The molecule has 2 rings (SSSR count). The average molecular weight is 361 g/mol. The third-order valence-corrected chi connectivity index (χ3v) is 4.65. The third-order valence-electron chi connectivity index (χ3n) is 3.70. The summed E-state index contributed by atoms with van der Waals surface area (Å²) in [6, 6.07) is 7.88. The number of thiazole rings is 1. The Morgan fingerprint density at radius 2 is 2.00 bits per heavy atom. The van der Waals surface area contributed by atoms with E-state index in [-0.39, 0.29) is 12.5 Å². The van der Waals surface area contributed by atoms with Crippen molar-refractivity contribution in [2.75, 3.05) is 13.2 Å². The molecule has 25 heavy (non-hydrogen) atoms. The predicted octanol–water partition coefficient (Wildman–Crippen LogP) is 5.11.